The van der Waals surface area contributed by atoms with E-state index >= 15 is 0 Å². The number of nitrogens with one attached hydrogen (secondary N) is 1. The summed E-state index contributed by atoms with van der Waals surface area (Å²) in [5.74, 6) is -0.176. The Hall–Kier alpha value is -0.610. The van der Waals surface area contributed by atoms with Gasteiger partial charge in [0, 0.05) is 18.6 Å². The molecule has 2 N–H and O–H groups in total. The molecule has 2 atom stereocenters. The van der Waals surface area contributed by atoms with Gasteiger partial charge >= 0.3 is 5.97 Å². The Morgan fingerprint density at radius 3 is 2.11 bits per heavy atom. The molecule has 19 heavy (non-hydrogen) atoms. The summed E-state index contributed by atoms with van der Waals surface area (Å²) in [6, 6.07) is 0.410. The maximum absolute atomic E-state index is 11.5. The Morgan fingerprint density at radius 1 is 1.26 bits per heavy atom. The molecule has 0 aromatic rings. The fourth-order valence-corrected chi connectivity index (χ4v) is 2.65. The van der Waals surface area contributed by atoms with Crippen LogP contribution in [0, 0.1) is 5.92 Å². The van der Waals surface area contributed by atoms with Gasteiger partial charge in [0.25, 0.3) is 0 Å². The summed E-state index contributed by atoms with van der Waals surface area (Å²) in [5, 5.41) is 12.7. The molecule has 0 aliphatic carbocycles. The van der Waals surface area contributed by atoms with Crippen LogP contribution in [-0.4, -0.2) is 46.7 Å². The Morgan fingerprint density at radius 2 is 1.79 bits per heavy atom. The van der Waals surface area contributed by atoms with E-state index in [4.69, 9.17) is 0 Å². The van der Waals surface area contributed by atoms with Crippen molar-refractivity contribution in [2.45, 2.75) is 72.5 Å². The quantitative estimate of drug-likeness (QED) is 0.677. The monoisotopic (exact) mass is 272 g/mol. The lowest BCUT2D eigenvalue weighted by Gasteiger charge is -2.36. The second-order valence-corrected chi connectivity index (χ2v) is 6.47. The first-order chi connectivity index (χ1) is 8.62. The van der Waals surface area contributed by atoms with Gasteiger partial charge in [0.15, 0.2) is 0 Å². The van der Waals surface area contributed by atoms with Gasteiger partial charge in [-0.1, -0.05) is 20.8 Å². The highest BCUT2D eigenvalue weighted by Gasteiger charge is 2.36. The van der Waals surface area contributed by atoms with E-state index in [1.807, 2.05) is 13.8 Å². The zero-order valence-electron chi connectivity index (χ0n) is 13.7. The summed E-state index contributed by atoms with van der Waals surface area (Å²) in [5.41, 5.74) is -0.863. The summed E-state index contributed by atoms with van der Waals surface area (Å²) in [4.78, 5) is 13.9. The van der Waals surface area contributed by atoms with E-state index in [-0.39, 0.29) is 12.1 Å². The first-order valence-electron chi connectivity index (χ1n) is 7.37. The molecule has 4 nitrogen and oxygen atoms in total. The van der Waals surface area contributed by atoms with Crippen molar-refractivity contribution in [3.63, 3.8) is 0 Å². The second-order valence-electron chi connectivity index (χ2n) is 6.47. The number of rotatable bonds is 9. The summed E-state index contributed by atoms with van der Waals surface area (Å²) in [7, 11) is 0. The van der Waals surface area contributed by atoms with Crippen LogP contribution < -0.4 is 5.32 Å². The van der Waals surface area contributed by atoms with Crippen molar-refractivity contribution in [3.8, 4) is 0 Å². The van der Waals surface area contributed by atoms with Crippen LogP contribution in [0.1, 0.15) is 54.9 Å². The highest BCUT2D eigenvalue weighted by atomic mass is 16.4. The standard InChI is InChI=1S/C15H32N2O2/c1-8-17(10-11(2)3)13(6)9-15(7,14(18)19)16-12(4)5/h11-13,16H,8-10H2,1-7H3,(H,18,19). The maximum Gasteiger partial charge on any atom is 0.323 e. The van der Waals surface area contributed by atoms with Gasteiger partial charge in [0.1, 0.15) is 5.54 Å². The lowest BCUT2D eigenvalue weighted by Crippen LogP contribution is -2.55. The van der Waals surface area contributed by atoms with Crippen LogP contribution in [0.15, 0.2) is 0 Å². The van der Waals surface area contributed by atoms with E-state index in [9.17, 15) is 9.90 Å². The minimum absolute atomic E-state index is 0.161. The van der Waals surface area contributed by atoms with Crippen LogP contribution >= 0.6 is 0 Å². The number of hydrogen-bond donors (Lipinski definition) is 2. The average Bonchev–Trinajstić information content (AvgIpc) is 2.23. The normalized spacial score (nSPS) is 16.9. The molecule has 0 rings (SSSR count). The third-order valence-electron chi connectivity index (χ3n) is 3.41. The predicted octanol–water partition coefficient (Wildman–Crippen LogP) is 2.58. The van der Waals surface area contributed by atoms with Gasteiger partial charge in [-0.2, -0.15) is 0 Å². The molecule has 114 valence electrons. The molecule has 0 amide bonds. The topological polar surface area (TPSA) is 52.6 Å². The molecule has 0 heterocycles. The molecule has 0 aromatic heterocycles. The number of aliphatic carboxylic acids is 1. The van der Waals surface area contributed by atoms with Crippen LogP contribution in [0.4, 0.5) is 0 Å². The minimum atomic E-state index is -0.863. The van der Waals surface area contributed by atoms with E-state index in [0.717, 1.165) is 13.1 Å². The molecule has 2 unspecified atom stereocenters. The van der Waals surface area contributed by atoms with Crippen LogP contribution in [0.2, 0.25) is 0 Å². The minimum Gasteiger partial charge on any atom is -0.480 e. The van der Waals surface area contributed by atoms with Crippen LogP contribution in [0.3, 0.4) is 0 Å². The van der Waals surface area contributed by atoms with Crippen LogP contribution in [0.25, 0.3) is 0 Å². The van der Waals surface area contributed by atoms with Crippen LogP contribution in [-0.2, 0) is 4.79 Å². The molecule has 0 saturated heterocycles. The third kappa shape index (κ3) is 6.39. The van der Waals surface area contributed by atoms with Crippen molar-refractivity contribution in [1.82, 2.24) is 10.2 Å². The van der Waals surface area contributed by atoms with Gasteiger partial charge in [-0.3, -0.25) is 10.1 Å². The van der Waals surface area contributed by atoms with Gasteiger partial charge in [-0.25, -0.2) is 0 Å². The van der Waals surface area contributed by atoms with Crippen molar-refractivity contribution < 1.29 is 9.90 Å². The van der Waals surface area contributed by atoms with E-state index in [2.05, 4.69) is 37.9 Å². The largest absolute Gasteiger partial charge is 0.480 e. The molecule has 0 aliphatic heterocycles. The van der Waals surface area contributed by atoms with Crippen molar-refractivity contribution in [1.29, 1.82) is 0 Å². The summed E-state index contributed by atoms with van der Waals surface area (Å²) in [6.45, 7) is 16.4. The van der Waals surface area contributed by atoms with Crippen molar-refractivity contribution >= 4 is 5.97 Å². The van der Waals surface area contributed by atoms with Gasteiger partial charge in [-0.15, -0.1) is 0 Å². The SMILES string of the molecule is CCN(CC(C)C)C(C)CC(C)(NC(C)C)C(=O)O. The first kappa shape index (κ1) is 18.4. The first-order valence-corrected chi connectivity index (χ1v) is 7.37. The van der Waals surface area contributed by atoms with E-state index in [1.54, 1.807) is 6.92 Å². The zero-order valence-corrected chi connectivity index (χ0v) is 13.7. The highest BCUT2D eigenvalue weighted by Crippen LogP contribution is 2.18. The Labute approximate surface area is 118 Å². The number of carboxylic acids is 1. The number of hydrogen-bond acceptors (Lipinski definition) is 3. The Kier molecular flexibility index (Phi) is 7.60. The second kappa shape index (κ2) is 7.85. The van der Waals surface area contributed by atoms with Crippen molar-refractivity contribution in [2.75, 3.05) is 13.1 Å². The molecule has 0 radical (unpaired) electrons. The number of carbonyl (C=O) groups is 1. The fraction of sp³-hybridized carbons (Fsp3) is 0.933. The Bertz CT molecular complexity index is 279. The molecular weight excluding hydrogens is 240 g/mol. The van der Waals surface area contributed by atoms with Gasteiger partial charge in [-0.05, 0) is 46.6 Å². The van der Waals surface area contributed by atoms with Crippen molar-refractivity contribution in [3.05, 3.63) is 0 Å². The molecule has 0 spiro atoms. The molecule has 0 fully saturated rings. The predicted molar refractivity (Wildman–Crippen MR) is 80.5 cm³/mol. The Balaban J connectivity index is 4.78. The molecule has 4 heteroatoms. The summed E-state index contributed by atoms with van der Waals surface area (Å²) < 4.78 is 0. The van der Waals surface area contributed by atoms with E-state index < -0.39 is 11.5 Å². The molecule has 0 bridgehead atoms. The zero-order chi connectivity index (χ0) is 15.2. The number of nitrogens with zero attached hydrogens (tertiary/aromatic N) is 1. The highest BCUT2D eigenvalue weighted by molar-refractivity contribution is 5.78. The fourth-order valence-electron chi connectivity index (χ4n) is 2.65. The lowest BCUT2D eigenvalue weighted by molar-refractivity contribution is -0.145. The maximum atomic E-state index is 11.5. The van der Waals surface area contributed by atoms with Gasteiger partial charge in [0.2, 0.25) is 0 Å². The van der Waals surface area contributed by atoms with Gasteiger partial charge in [0.05, 0.1) is 0 Å². The number of carboxylic acid groups (broad SMARTS) is 1. The summed E-state index contributed by atoms with van der Waals surface area (Å²) in [6.07, 6.45) is 0.612. The molecule has 0 aliphatic rings. The smallest absolute Gasteiger partial charge is 0.323 e. The summed E-state index contributed by atoms with van der Waals surface area (Å²) >= 11 is 0. The van der Waals surface area contributed by atoms with Gasteiger partial charge < -0.3 is 10.0 Å². The lowest BCUT2D eigenvalue weighted by atomic mass is 9.91. The third-order valence-corrected chi connectivity index (χ3v) is 3.41. The molecular formula is C15H32N2O2. The van der Waals surface area contributed by atoms with E-state index in [1.165, 1.54) is 0 Å². The van der Waals surface area contributed by atoms with E-state index in [0.29, 0.717) is 12.3 Å². The molecule has 0 aromatic carbocycles. The van der Waals surface area contributed by atoms with Crippen molar-refractivity contribution in [2.24, 2.45) is 5.92 Å². The molecule has 0 saturated carbocycles. The van der Waals surface area contributed by atoms with Crippen LogP contribution in [0.5, 0.6) is 0 Å². The average molecular weight is 272 g/mol.